The number of halogens is 1. The zero-order valence-electron chi connectivity index (χ0n) is 14.5. The van der Waals surface area contributed by atoms with E-state index in [0.717, 1.165) is 11.8 Å². The van der Waals surface area contributed by atoms with Gasteiger partial charge in [0.15, 0.2) is 0 Å². The average molecular weight is 451 g/mol. The molecule has 7 nitrogen and oxygen atoms in total. The molecule has 9 heteroatoms. The molecule has 1 aliphatic rings. The first-order valence-electron chi connectivity index (χ1n) is 8.13. The van der Waals surface area contributed by atoms with Gasteiger partial charge in [-0.15, -0.1) is 0 Å². The Morgan fingerprint density at radius 3 is 2.70 bits per heavy atom. The van der Waals surface area contributed by atoms with Crippen molar-refractivity contribution in [3.05, 3.63) is 55.6 Å². The Morgan fingerprint density at radius 1 is 1.33 bits per heavy atom. The number of nitro groups is 1. The molecule has 0 N–H and O–H groups in total. The second-order valence-corrected chi connectivity index (χ2v) is 7.78. The van der Waals surface area contributed by atoms with Crippen molar-refractivity contribution in [3.63, 3.8) is 0 Å². The van der Waals surface area contributed by atoms with Gasteiger partial charge in [-0.2, -0.15) is 0 Å². The number of rotatable bonds is 5. The molecule has 2 amide bonds. The van der Waals surface area contributed by atoms with Gasteiger partial charge < -0.3 is 4.42 Å². The van der Waals surface area contributed by atoms with E-state index in [0.29, 0.717) is 32.9 Å². The highest BCUT2D eigenvalue weighted by atomic mass is 79.9. The summed E-state index contributed by atoms with van der Waals surface area (Å²) < 4.78 is 6.27. The van der Waals surface area contributed by atoms with Crippen molar-refractivity contribution >= 4 is 50.6 Å². The summed E-state index contributed by atoms with van der Waals surface area (Å²) in [5, 5.41) is 10.6. The topological polar surface area (TPSA) is 93.7 Å². The molecular formula is C18H15BrN2O5S. The first-order chi connectivity index (χ1) is 12.8. The van der Waals surface area contributed by atoms with Crippen LogP contribution in [-0.2, 0) is 4.79 Å². The van der Waals surface area contributed by atoms with Crippen molar-refractivity contribution in [1.29, 1.82) is 0 Å². The van der Waals surface area contributed by atoms with Crippen LogP contribution in [-0.4, -0.2) is 27.0 Å². The van der Waals surface area contributed by atoms with E-state index >= 15 is 0 Å². The summed E-state index contributed by atoms with van der Waals surface area (Å²) in [5.41, 5.74) is 0.615. The van der Waals surface area contributed by atoms with Crippen LogP contribution in [0.4, 0.5) is 10.5 Å². The fourth-order valence-electron chi connectivity index (χ4n) is 2.56. The normalized spacial score (nSPS) is 17.0. The molecule has 3 rings (SSSR count). The smallest absolute Gasteiger partial charge is 0.293 e. The monoisotopic (exact) mass is 450 g/mol. The predicted octanol–water partition coefficient (Wildman–Crippen LogP) is 5.45. The molecule has 2 heterocycles. The molecular weight excluding hydrogens is 436 g/mol. The Bertz CT molecular complexity index is 968. The van der Waals surface area contributed by atoms with Gasteiger partial charge >= 0.3 is 0 Å². The quantitative estimate of drug-likeness (QED) is 0.341. The minimum absolute atomic E-state index is 0.0314. The average Bonchev–Trinajstić information content (AvgIpc) is 3.19. The van der Waals surface area contributed by atoms with Gasteiger partial charge in [-0.25, -0.2) is 0 Å². The molecule has 0 unspecified atom stereocenters. The third kappa shape index (κ3) is 3.84. The number of hydrogen-bond acceptors (Lipinski definition) is 6. The molecule has 0 radical (unpaired) electrons. The van der Waals surface area contributed by atoms with Crippen LogP contribution in [0.25, 0.3) is 17.4 Å². The van der Waals surface area contributed by atoms with Gasteiger partial charge in [0.25, 0.3) is 16.8 Å². The molecule has 2 aromatic rings. The maximum atomic E-state index is 12.5. The van der Waals surface area contributed by atoms with E-state index in [-0.39, 0.29) is 22.9 Å². The number of nitrogens with zero attached hydrogens (tertiary/aromatic N) is 2. The maximum absolute atomic E-state index is 12.5. The molecule has 1 aliphatic heterocycles. The van der Waals surface area contributed by atoms with E-state index in [2.05, 4.69) is 15.9 Å². The third-order valence-electron chi connectivity index (χ3n) is 4.18. The standard InChI is InChI=1S/C18H15BrN2O5S/c1-3-10(2)20-17(22)16(27-18(20)23)9-12-5-7-15(26-12)13-6-4-11(21(24)25)8-14(13)19/h4-10H,3H2,1-2H3/b16-9-/t10-/m1/s1. The van der Waals surface area contributed by atoms with E-state index in [1.54, 1.807) is 18.2 Å². The van der Waals surface area contributed by atoms with E-state index < -0.39 is 4.92 Å². The van der Waals surface area contributed by atoms with Crippen molar-refractivity contribution < 1.29 is 18.9 Å². The van der Waals surface area contributed by atoms with Crippen molar-refractivity contribution in [2.24, 2.45) is 0 Å². The molecule has 1 aromatic heterocycles. The fourth-order valence-corrected chi connectivity index (χ4v) is 4.04. The fraction of sp³-hybridized carbons (Fsp3) is 0.222. The molecule has 0 aliphatic carbocycles. The number of hydrogen-bond donors (Lipinski definition) is 0. The minimum Gasteiger partial charge on any atom is -0.457 e. The lowest BCUT2D eigenvalue weighted by Gasteiger charge is -2.19. The Labute approximate surface area is 167 Å². The SMILES string of the molecule is CC[C@@H](C)N1C(=O)S/C(=C\c2ccc(-c3ccc([N+](=O)[O-])cc3Br)o2)C1=O. The van der Waals surface area contributed by atoms with Gasteiger partial charge in [0.05, 0.1) is 9.83 Å². The number of furan rings is 1. The van der Waals surface area contributed by atoms with Crippen LogP contribution >= 0.6 is 27.7 Å². The molecule has 1 fully saturated rings. The van der Waals surface area contributed by atoms with Crippen LogP contribution in [0.5, 0.6) is 0 Å². The van der Waals surface area contributed by atoms with Gasteiger partial charge in [0.2, 0.25) is 0 Å². The van der Waals surface area contributed by atoms with Gasteiger partial charge in [0, 0.05) is 34.3 Å². The lowest BCUT2D eigenvalue weighted by atomic mass is 10.1. The Morgan fingerprint density at radius 2 is 2.07 bits per heavy atom. The zero-order valence-corrected chi connectivity index (χ0v) is 16.9. The summed E-state index contributed by atoms with van der Waals surface area (Å²) >= 11 is 4.20. The summed E-state index contributed by atoms with van der Waals surface area (Å²) in [6.07, 6.45) is 2.22. The molecule has 0 bridgehead atoms. The zero-order chi connectivity index (χ0) is 19.7. The first-order valence-corrected chi connectivity index (χ1v) is 9.74. The van der Waals surface area contributed by atoms with Crippen molar-refractivity contribution in [3.8, 4) is 11.3 Å². The highest BCUT2D eigenvalue weighted by Gasteiger charge is 2.37. The van der Waals surface area contributed by atoms with E-state index in [1.165, 1.54) is 23.1 Å². The highest BCUT2D eigenvalue weighted by Crippen LogP contribution is 2.36. The van der Waals surface area contributed by atoms with Crippen molar-refractivity contribution in [1.82, 2.24) is 4.90 Å². The number of benzene rings is 1. The maximum Gasteiger partial charge on any atom is 0.293 e. The van der Waals surface area contributed by atoms with E-state index in [9.17, 15) is 19.7 Å². The van der Waals surface area contributed by atoms with Crippen LogP contribution in [0.3, 0.4) is 0 Å². The second-order valence-electron chi connectivity index (χ2n) is 5.93. The van der Waals surface area contributed by atoms with E-state index in [1.807, 2.05) is 13.8 Å². The minimum atomic E-state index is -0.477. The summed E-state index contributed by atoms with van der Waals surface area (Å²) in [6.45, 7) is 3.74. The number of imide groups is 1. The third-order valence-corrected chi connectivity index (χ3v) is 5.72. The number of nitro benzene ring substituents is 1. The van der Waals surface area contributed by atoms with Crippen LogP contribution in [0.2, 0.25) is 0 Å². The lowest BCUT2D eigenvalue weighted by Crippen LogP contribution is -2.36. The lowest BCUT2D eigenvalue weighted by molar-refractivity contribution is -0.384. The van der Waals surface area contributed by atoms with Gasteiger partial charge in [-0.05, 0) is 59.2 Å². The number of amides is 2. The van der Waals surface area contributed by atoms with Crippen molar-refractivity contribution in [2.45, 2.75) is 26.3 Å². The number of non-ortho nitro benzene ring substituents is 1. The molecule has 27 heavy (non-hydrogen) atoms. The van der Waals surface area contributed by atoms with Crippen LogP contribution < -0.4 is 0 Å². The van der Waals surface area contributed by atoms with Gasteiger partial charge in [0.1, 0.15) is 11.5 Å². The van der Waals surface area contributed by atoms with Gasteiger partial charge in [-0.3, -0.25) is 24.6 Å². The molecule has 0 saturated carbocycles. The molecule has 1 saturated heterocycles. The molecule has 140 valence electrons. The summed E-state index contributed by atoms with van der Waals surface area (Å²) in [4.78, 5) is 36.5. The summed E-state index contributed by atoms with van der Waals surface area (Å²) in [6, 6.07) is 7.60. The first kappa shape index (κ1) is 19.4. The molecule has 0 spiro atoms. The van der Waals surface area contributed by atoms with Crippen LogP contribution in [0, 0.1) is 10.1 Å². The summed E-state index contributed by atoms with van der Waals surface area (Å²) in [7, 11) is 0. The number of carbonyl (C=O) groups excluding carboxylic acids is 2. The summed E-state index contributed by atoms with van der Waals surface area (Å²) in [5.74, 6) is 0.586. The Hall–Kier alpha value is -2.39. The Balaban J connectivity index is 1.87. The number of carbonyl (C=O) groups is 2. The molecule has 1 atom stereocenters. The molecule has 1 aromatic carbocycles. The van der Waals surface area contributed by atoms with E-state index in [4.69, 9.17) is 4.42 Å². The predicted molar refractivity (Wildman–Crippen MR) is 106 cm³/mol. The number of thioether (sulfide) groups is 1. The largest absolute Gasteiger partial charge is 0.457 e. The Kier molecular flexibility index (Phi) is 5.52. The van der Waals surface area contributed by atoms with Crippen LogP contribution in [0.15, 0.2) is 44.1 Å². The van der Waals surface area contributed by atoms with Crippen LogP contribution in [0.1, 0.15) is 26.0 Å². The van der Waals surface area contributed by atoms with Crippen molar-refractivity contribution in [2.75, 3.05) is 0 Å². The van der Waals surface area contributed by atoms with Gasteiger partial charge in [-0.1, -0.05) is 6.92 Å². The highest BCUT2D eigenvalue weighted by molar-refractivity contribution is 9.10. The second kappa shape index (κ2) is 7.69.